The molecule has 5 heteroatoms. The largest absolute Gasteiger partial charge is 0.507 e. The molecule has 2 rings (SSSR count). The maximum Gasteiger partial charge on any atom is 0.257 e. The molecule has 3 nitrogen and oxygen atoms in total. The van der Waals surface area contributed by atoms with Crippen LogP contribution in [0.2, 0.25) is 5.02 Å². The number of hydrogen-bond donors (Lipinski definition) is 1. The number of piperidine rings is 1. The molecule has 0 saturated carbocycles. The van der Waals surface area contributed by atoms with Gasteiger partial charge in [0.05, 0.1) is 5.56 Å². The normalized spacial score (nSPS) is 18.4. The molecule has 0 radical (unpaired) electrons. The van der Waals surface area contributed by atoms with Crippen molar-refractivity contribution >= 4 is 29.1 Å². The van der Waals surface area contributed by atoms with Gasteiger partial charge in [-0.3, -0.25) is 4.79 Å². The first-order valence-corrected chi connectivity index (χ1v) is 7.22. The minimum absolute atomic E-state index is 0.0645. The van der Waals surface area contributed by atoms with Crippen LogP contribution in [-0.2, 0) is 0 Å². The predicted octanol–water partition coefficient (Wildman–Crippen LogP) is 3.53. The summed E-state index contributed by atoms with van der Waals surface area (Å²) < 4.78 is 0. The fourth-order valence-corrected chi connectivity index (χ4v) is 2.84. The molecule has 1 unspecified atom stereocenters. The van der Waals surface area contributed by atoms with Crippen molar-refractivity contribution in [2.45, 2.75) is 25.1 Å². The Kier molecular flexibility index (Phi) is 4.58. The van der Waals surface area contributed by atoms with Crippen LogP contribution in [0, 0.1) is 5.92 Å². The Balaban J connectivity index is 2.05. The van der Waals surface area contributed by atoms with E-state index in [0.717, 1.165) is 12.8 Å². The molecular formula is C14H17Cl2NO2. The van der Waals surface area contributed by atoms with Crippen molar-refractivity contribution in [3.05, 3.63) is 28.8 Å². The smallest absolute Gasteiger partial charge is 0.257 e. The Labute approximate surface area is 123 Å². The van der Waals surface area contributed by atoms with Crippen molar-refractivity contribution < 1.29 is 9.90 Å². The quantitative estimate of drug-likeness (QED) is 0.849. The van der Waals surface area contributed by atoms with Gasteiger partial charge in [-0.2, -0.15) is 0 Å². The summed E-state index contributed by atoms with van der Waals surface area (Å²) in [5.74, 6) is 0.254. The molecule has 1 fully saturated rings. The highest BCUT2D eigenvalue weighted by molar-refractivity contribution is 6.30. The van der Waals surface area contributed by atoms with Gasteiger partial charge in [0.2, 0.25) is 0 Å². The number of phenolic OH excluding ortho intramolecular Hbond substituents is 1. The number of aromatic hydroxyl groups is 1. The molecule has 1 aromatic carbocycles. The number of hydrogen-bond acceptors (Lipinski definition) is 2. The summed E-state index contributed by atoms with van der Waals surface area (Å²) in [7, 11) is 0. The van der Waals surface area contributed by atoms with Crippen LogP contribution in [0.1, 0.15) is 30.1 Å². The third-order valence-electron chi connectivity index (χ3n) is 3.67. The van der Waals surface area contributed by atoms with Crippen molar-refractivity contribution in [1.29, 1.82) is 0 Å². The van der Waals surface area contributed by atoms with Crippen LogP contribution in [0.5, 0.6) is 5.75 Å². The molecule has 104 valence electrons. The highest BCUT2D eigenvalue weighted by atomic mass is 35.5. The number of carbonyl (C=O) groups excluding carboxylic acids is 1. The molecule has 1 aliphatic rings. The molecule has 1 N–H and O–H groups in total. The molecule has 19 heavy (non-hydrogen) atoms. The lowest BCUT2D eigenvalue weighted by molar-refractivity contribution is 0.0687. The van der Waals surface area contributed by atoms with Gasteiger partial charge < -0.3 is 10.0 Å². The molecule has 1 amide bonds. The fraction of sp³-hybridized carbons (Fsp3) is 0.500. The minimum atomic E-state index is -0.144. The number of halogens is 2. The zero-order valence-electron chi connectivity index (χ0n) is 10.8. The van der Waals surface area contributed by atoms with Crippen LogP contribution in [0.3, 0.4) is 0 Å². The zero-order chi connectivity index (χ0) is 14.0. The van der Waals surface area contributed by atoms with Gasteiger partial charge in [-0.15, -0.1) is 11.6 Å². The van der Waals surface area contributed by atoms with Gasteiger partial charge in [-0.05, 0) is 43.9 Å². The van der Waals surface area contributed by atoms with Crippen LogP contribution in [0.4, 0.5) is 0 Å². The first-order valence-electron chi connectivity index (χ1n) is 6.41. The van der Waals surface area contributed by atoms with Gasteiger partial charge in [0.15, 0.2) is 0 Å². The molecule has 0 spiro atoms. The zero-order valence-corrected chi connectivity index (χ0v) is 12.3. The van der Waals surface area contributed by atoms with E-state index in [1.54, 1.807) is 17.0 Å². The van der Waals surface area contributed by atoms with E-state index in [2.05, 4.69) is 0 Å². The molecule has 1 atom stereocenters. The van der Waals surface area contributed by atoms with Crippen molar-refractivity contribution in [3.8, 4) is 5.75 Å². The Morgan fingerprint density at radius 1 is 1.42 bits per heavy atom. The topological polar surface area (TPSA) is 40.5 Å². The third kappa shape index (κ3) is 3.34. The summed E-state index contributed by atoms with van der Waals surface area (Å²) in [6.07, 6.45) is 1.81. The molecule has 1 saturated heterocycles. The molecule has 0 aliphatic carbocycles. The van der Waals surface area contributed by atoms with E-state index < -0.39 is 0 Å². The second-order valence-electron chi connectivity index (χ2n) is 4.97. The van der Waals surface area contributed by atoms with E-state index in [0.29, 0.717) is 29.6 Å². The number of phenols is 1. The fourth-order valence-electron chi connectivity index (χ4n) is 2.42. The lowest BCUT2D eigenvalue weighted by atomic mass is 9.93. The van der Waals surface area contributed by atoms with Crippen LogP contribution >= 0.6 is 23.2 Å². The molecule has 1 heterocycles. The van der Waals surface area contributed by atoms with Gasteiger partial charge in [0.25, 0.3) is 5.91 Å². The molecular weight excluding hydrogens is 285 g/mol. The number of nitrogens with zero attached hydrogens (tertiary/aromatic N) is 1. The number of rotatable bonds is 2. The molecule has 1 aromatic rings. The lowest BCUT2D eigenvalue weighted by Crippen LogP contribution is -2.40. The van der Waals surface area contributed by atoms with E-state index in [9.17, 15) is 9.90 Å². The maximum atomic E-state index is 12.3. The number of benzene rings is 1. The van der Waals surface area contributed by atoms with Gasteiger partial charge >= 0.3 is 0 Å². The van der Waals surface area contributed by atoms with Gasteiger partial charge in [0, 0.05) is 23.5 Å². The Morgan fingerprint density at radius 2 is 2.05 bits per heavy atom. The van der Waals surface area contributed by atoms with Crippen molar-refractivity contribution in [1.82, 2.24) is 4.90 Å². The highest BCUT2D eigenvalue weighted by Gasteiger charge is 2.27. The summed E-state index contributed by atoms with van der Waals surface area (Å²) in [4.78, 5) is 14.1. The molecule has 0 bridgehead atoms. The molecule has 1 aliphatic heterocycles. The van der Waals surface area contributed by atoms with Gasteiger partial charge in [0.1, 0.15) is 5.75 Å². The van der Waals surface area contributed by atoms with E-state index in [4.69, 9.17) is 23.2 Å². The van der Waals surface area contributed by atoms with E-state index >= 15 is 0 Å². The monoisotopic (exact) mass is 301 g/mol. The van der Waals surface area contributed by atoms with Crippen molar-refractivity contribution in [3.63, 3.8) is 0 Å². The lowest BCUT2D eigenvalue weighted by Gasteiger charge is -2.33. The molecule has 0 aromatic heterocycles. The predicted molar refractivity (Wildman–Crippen MR) is 77.1 cm³/mol. The number of amides is 1. The Hall–Kier alpha value is -0.930. The van der Waals surface area contributed by atoms with Crippen molar-refractivity contribution in [2.24, 2.45) is 5.92 Å². The Bertz CT molecular complexity index is 469. The van der Waals surface area contributed by atoms with E-state index in [-0.39, 0.29) is 17.0 Å². The number of carbonyl (C=O) groups is 1. The summed E-state index contributed by atoms with van der Waals surface area (Å²) in [6, 6.07) is 4.57. The number of alkyl halides is 1. The maximum absolute atomic E-state index is 12.3. The minimum Gasteiger partial charge on any atom is -0.507 e. The second-order valence-corrected chi connectivity index (χ2v) is 6.09. The van der Waals surface area contributed by atoms with Crippen LogP contribution in [0.15, 0.2) is 18.2 Å². The van der Waals surface area contributed by atoms with Crippen LogP contribution in [0.25, 0.3) is 0 Å². The van der Waals surface area contributed by atoms with Gasteiger partial charge in [-0.1, -0.05) is 11.6 Å². The average Bonchev–Trinajstić information content (AvgIpc) is 2.38. The Morgan fingerprint density at radius 3 is 2.58 bits per heavy atom. The first kappa shape index (κ1) is 14.5. The first-order chi connectivity index (χ1) is 8.99. The van der Waals surface area contributed by atoms with Gasteiger partial charge in [-0.25, -0.2) is 0 Å². The third-order valence-corrected chi connectivity index (χ3v) is 4.26. The SMILES string of the molecule is CC(Cl)C1CCN(C(=O)c2ccc(Cl)cc2O)CC1. The summed E-state index contributed by atoms with van der Waals surface area (Å²) in [5, 5.41) is 10.3. The average molecular weight is 302 g/mol. The van der Waals surface area contributed by atoms with E-state index in [1.807, 2.05) is 6.92 Å². The highest BCUT2D eigenvalue weighted by Crippen LogP contribution is 2.27. The summed E-state index contributed by atoms with van der Waals surface area (Å²) >= 11 is 11.8. The van der Waals surface area contributed by atoms with Crippen LogP contribution in [-0.4, -0.2) is 34.4 Å². The number of likely N-dealkylation sites (tertiary alicyclic amines) is 1. The standard InChI is InChI=1S/C14H17Cl2NO2/c1-9(15)10-4-6-17(7-5-10)14(19)12-3-2-11(16)8-13(12)18/h2-3,8-10,18H,4-7H2,1H3. The second kappa shape index (κ2) is 6.02. The van der Waals surface area contributed by atoms with E-state index in [1.165, 1.54) is 6.07 Å². The van der Waals surface area contributed by atoms with Crippen LogP contribution < -0.4 is 0 Å². The van der Waals surface area contributed by atoms with Crippen molar-refractivity contribution in [2.75, 3.05) is 13.1 Å². The summed E-state index contributed by atoms with van der Waals surface area (Å²) in [6.45, 7) is 3.36. The summed E-state index contributed by atoms with van der Waals surface area (Å²) in [5.41, 5.74) is 0.307.